The van der Waals surface area contributed by atoms with E-state index in [0.717, 1.165) is 11.3 Å². The molecule has 0 radical (unpaired) electrons. The molecule has 2 aromatic carbocycles. The summed E-state index contributed by atoms with van der Waals surface area (Å²) < 4.78 is 10.8. The highest BCUT2D eigenvalue weighted by molar-refractivity contribution is 6.00. The second-order valence-electron chi connectivity index (χ2n) is 5.26. The summed E-state index contributed by atoms with van der Waals surface area (Å²) in [6.45, 7) is 2.22. The molecule has 1 atom stereocenters. The molecular weight excluding hydrogens is 280 g/mol. The summed E-state index contributed by atoms with van der Waals surface area (Å²) in [7, 11) is 1.63. The highest BCUT2D eigenvalue weighted by Gasteiger charge is 2.31. The summed E-state index contributed by atoms with van der Waals surface area (Å²) in [6.07, 6.45) is -0.505. The molecule has 0 aliphatic carbocycles. The van der Waals surface area contributed by atoms with E-state index in [1.807, 2.05) is 24.3 Å². The minimum atomic E-state index is -0.505. The van der Waals surface area contributed by atoms with Crippen LogP contribution in [0.5, 0.6) is 11.5 Å². The Bertz CT molecular complexity index is 698. The molecule has 0 saturated heterocycles. The molecular formula is C17H18N2O3. The largest absolute Gasteiger partial charge is 0.497 e. The van der Waals surface area contributed by atoms with Crippen molar-refractivity contribution >= 4 is 17.3 Å². The van der Waals surface area contributed by atoms with E-state index >= 15 is 0 Å². The van der Waals surface area contributed by atoms with E-state index in [1.165, 1.54) is 0 Å². The Labute approximate surface area is 129 Å². The molecule has 5 nitrogen and oxygen atoms in total. The van der Waals surface area contributed by atoms with Gasteiger partial charge in [-0.05, 0) is 42.8 Å². The van der Waals surface area contributed by atoms with Crippen LogP contribution in [0.25, 0.3) is 0 Å². The predicted molar refractivity (Wildman–Crippen MR) is 85.1 cm³/mol. The molecule has 1 unspecified atom stereocenters. The van der Waals surface area contributed by atoms with E-state index in [1.54, 1.807) is 37.1 Å². The molecule has 2 aromatic rings. The number of rotatable bonds is 3. The maximum Gasteiger partial charge on any atom is 0.268 e. The summed E-state index contributed by atoms with van der Waals surface area (Å²) in [5.41, 5.74) is 8.16. The van der Waals surface area contributed by atoms with Crippen LogP contribution in [0.4, 0.5) is 11.4 Å². The number of nitrogen functional groups attached to an aromatic ring is 1. The number of nitrogens with zero attached hydrogens (tertiary/aromatic N) is 1. The van der Waals surface area contributed by atoms with Crippen LogP contribution in [0.1, 0.15) is 12.5 Å². The molecule has 1 aliphatic rings. The minimum Gasteiger partial charge on any atom is -0.497 e. The maximum absolute atomic E-state index is 12.5. The van der Waals surface area contributed by atoms with Crippen molar-refractivity contribution in [1.29, 1.82) is 0 Å². The van der Waals surface area contributed by atoms with Gasteiger partial charge in [0.2, 0.25) is 0 Å². The standard InChI is InChI=1S/C17H18N2O3/c1-11-17(20)19(10-12-3-6-14(21-2)7-4-12)15-9-13(18)5-8-16(15)22-11/h3-9,11H,10,18H2,1-2H3. The molecule has 1 heterocycles. The zero-order valence-electron chi connectivity index (χ0n) is 12.6. The predicted octanol–water partition coefficient (Wildman–Crippen LogP) is 2.59. The van der Waals surface area contributed by atoms with Crippen LogP contribution in [-0.2, 0) is 11.3 Å². The zero-order chi connectivity index (χ0) is 15.7. The first kappa shape index (κ1) is 14.3. The molecule has 0 saturated carbocycles. The average molecular weight is 298 g/mol. The lowest BCUT2D eigenvalue weighted by molar-refractivity contribution is -0.125. The minimum absolute atomic E-state index is 0.0751. The van der Waals surface area contributed by atoms with E-state index in [4.69, 9.17) is 15.2 Å². The van der Waals surface area contributed by atoms with Crippen molar-refractivity contribution in [3.05, 3.63) is 48.0 Å². The Morgan fingerprint density at radius 2 is 1.95 bits per heavy atom. The SMILES string of the molecule is COc1ccc(CN2C(=O)C(C)Oc3ccc(N)cc32)cc1. The highest BCUT2D eigenvalue weighted by Crippen LogP contribution is 2.36. The number of fused-ring (bicyclic) bond motifs is 1. The first-order valence-electron chi connectivity index (χ1n) is 7.09. The van der Waals surface area contributed by atoms with Gasteiger partial charge in [-0.1, -0.05) is 12.1 Å². The molecule has 1 aliphatic heterocycles. The van der Waals surface area contributed by atoms with E-state index in [9.17, 15) is 4.79 Å². The van der Waals surface area contributed by atoms with Crippen LogP contribution in [0.3, 0.4) is 0 Å². The van der Waals surface area contributed by atoms with Crippen molar-refractivity contribution in [3.63, 3.8) is 0 Å². The maximum atomic E-state index is 12.5. The summed E-state index contributed by atoms with van der Waals surface area (Å²) in [5.74, 6) is 1.39. The van der Waals surface area contributed by atoms with E-state index < -0.39 is 6.10 Å². The normalized spacial score (nSPS) is 16.9. The first-order valence-corrected chi connectivity index (χ1v) is 7.09. The summed E-state index contributed by atoms with van der Waals surface area (Å²) in [5, 5.41) is 0. The molecule has 3 rings (SSSR count). The average Bonchev–Trinajstić information content (AvgIpc) is 2.53. The summed E-state index contributed by atoms with van der Waals surface area (Å²) >= 11 is 0. The number of amides is 1. The summed E-state index contributed by atoms with van der Waals surface area (Å²) in [6, 6.07) is 13.0. The van der Waals surface area contributed by atoms with Crippen LogP contribution in [0.2, 0.25) is 0 Å². The van der Waals surface area contributed by atoms with Crippen molar-refractivity contribution in [2.45, 2.75) is 19.6 Å². The smallest absolute Gasteiger partial charge is 0.268 e. The molecule has 0 fully saturated rings. The lowest BCUT2D eigenvalue weighted by Crippen LogP contribution is -2.44. The Balaban J connectivity index is 1.94. The third-order valence-electron chi connectivity index (χ3n) is 3.69. The number of methoxy groups -OCH3 is 1. The van der Waals surface area contributed by atoms with Gasteiger partial charge in [0.05, 0.1) is 19.3 Å². The number of hydrogen-bond acceptors (Lipinski definition) is 4. The van der Waals surface area contributed by atoms with E-state index in [0.29, 0.717) is 23.7 Å². The van der Waals surface area contributed by atoms with Crippen LogP contribution in [-0.4, -0.2) is 19.1 Å². The van der Waals surface area contributed by atoms with Gasteiger partial charge in [-0.3, -0.25) is 4.79 Å². The first-order chi connectivity index (χ1) is 10.6. The quantitative estimate of drug-likeness (QED) is 0.885. The van der Waals surface area contributed by atoms with Crippen LogP contribution in [0.15, 0.2) is 42.5 Å². The Morgan fingerprint density at radius 3 is 2.64 bits per heavy atom. The van der Waals surface area contributed by atoms with Gasteiger partial charge < -0.3 is 20.1 Å². The molecule has 0 bridgehead atoms. The number of nitrogens with two attached hydrogens (primary N) is 1. The topological polar surface area (TPSA) is 64.8 Å². The zero-order valence-corrected chi connectivity index (χ0v) is 12.6. The van der Waals surface area contributed by atoms with E-state index in [2.05, 4.69) is 0 Å². The number of hydrogen-bond donors (Lipinski definition) is 1. The fourth-order valence-electron chi connectivity index (χ4n) is 2.50. The van der Waals surface area contributed by atoms with Gasteiger partial charge in [0.15, 0.2) is 6.10 Å². The number of ether oxygens (including phenoxy) is 2. The second kappa shape index (κ2) is 5.60. The number of carbonyl (C=O) groups excluding carboxylic acids is 1. The van der Waals surface area contributed by atoms with E-state index in [-0.39, 0.29) is 5.91 Å². The van der Waals surface area contributed by atoms with Gasteiger partial charge >= 0.3 is 0 Å². The number of anilines is 2. The summed E-state index contributed by atoms with van der Waals surface area (Å²) in [4.78, 5) is 14.2. The van der Waals surface area contributed by atoms with Gasteiger partial charge in [0.1, 0.15) is 11.5 Å². The molecule has 0 spiro atoms. The third kappa shape index (κ3) is 2.57. The van der Waals surface area contributed by atoms with Crippen LogP contribution >= 0.6 is 0 Å². The van der Waals surface area contributed by atoms with Crippen molar-refractivity contribution in [2.24, 2.45) is 0 Å². The Kier molecular flexibility index (Phi) is 3.63. The van der Waals surface area contributed by atoms with Crippen molar-refractivity contribution < 1.29 is 14.3 Å². The fourth-order valence-corrected chi connectivity index (χ4v) is 2.50. The fraction of sp³-hybridized carbons (Fsp3) is 0.235. The van der Waals surface area contributed by atoms with Crippen LogP contribution < -0.4 is 20.1 Å². The monoisotopic (exact) mass is 298 g/mol. The molecule has 1 amide bonds. The molecule has 22 heavy (non-hydrogen) atoms. The lowest BCUT2D eigenvalue weighted by atomic mass is 10.1. The van der Waals surface area contributed by atoms with Crippen molar-refractivity contribution in [1.82, 2.24) is 0 Å². The van der Waals surface area contributed by atoms with Gasteiger partial charge in [-0.25, -0.2) is 0 Å². The third-order valence-corrected chi connectivity index (χ3v) is 3.69. The molecule has 2 N–H and O–H groups in total. The van der Waals surface area contributed by atoms with Gasteiger partial charge in [0, 0.05) is 5.69 Å². The molecule has 5 heteroatoms. The lowest BCUT2D eigenvalue weighted by Gasteiger charge is -2.33. The number of benzene rings is 2. The second-order valence-corrected chi connectivity index (χ2v) is 5.26. The molecule has 114 valence electrons. The number of carbonyl (C=O) groups is 1. The van der Waals surface area contributed by atoms with Gasteiger partial charge in [0.25, 0.3) is 5.91 Å². The Morgan fingerprint density at radius 1 is 1.23 bits per heavy atom. The van der Waals surface area contributed by atoms with Crippen LogP contribution in [0, 0.1) is 0 Å². The van der Waals surface area contributed by atoms with Crippen molar-refractivity contribution in [2.75, 3.05) is 17.7 Å². The van der Waals surface area contributed by atoms with Gasteiger partial charge in [-0.15, -0.1) is 0 Å². The van der Waals surface area contributed by atoms with Crippen molar-refractivity contribution in [3.8, 4) is 11.5 Å². The highest BCUT2D eigenvalue weighted by atomic mass is 16.5. The Hall–Kier alpha value is -2.69. The molecule has 0 aromatic heterocycles. The van der Waals surface area contributed by atoms with Gasteiger partial charge in [-0.2, -0.15) is 0 Å².